The van der Waals surface area contributed by atoms with Crippen molar-refractivity contribution in [1.29, 1.82) is 0 Å². The molecule has 0 aliphatic carbocycles. The lowest BCUT2D eigenvalue weighted by Gasteiger charge is -2.35. The first-order chi connectivity index (χ1) is 11.5. The van der Waals surface area contributed by atoms with Crippen LogP contribution in [0.1, 0.15) is 35.6 Å². The number of ether oxygens (including phenoxy) is 2. The highest BCUT2D eigenvalue weighted by Crippen LogP contribution is 2.18. The lowest BCUT2D eigenvalue weighted by atomic mass is 10.1. The van der Waals surface area contributed by atoms with Crippen molar-refractivity contribution in [2.45, 2.75) is 39.6 Å². The van der Waals surface area contributed by atoms with E-state index in [1.54, 1.807) is 12.1 Å². The molecule has 1 amide bonds. The molecule has 0 spiro atoms. The molecule has 2 atom stereocenters. The van der Waals surface area contributed by atoms with Gasteiger partial charge in [-0.15, -0.1) is 0 Å². The molecule has 1 aromatic heterocycles. The molecule has 6 nitrogen and oxygen atoms in total. The maximum Gasteiger partial charge on any atom is 0.254 e. The first kappa shape index (κ1) is 16.9. The van der Waals surface area contributed by atoms with Gasteiger partial charge in [-0.05, 0) is 45.0 Å². The van der Waals surface area contributed by atoms with Crippen molar-refractivity contribution in [2.75, 3.05) is 13.1 Å². The van der Waals surface area contributed by atoms with E-state index in [0.717, 1.165) is 11.4 Å². The molecule has 3 rings (SSSR count). The number of nitrogens with zero attached hydrogens (tertiary/aromatic N) is 3. The molecule has 1 fully saturated rings. The molecule has 1 aromatic carbocycles. The van der Waals surface area contributed by atoms with Gasteiger partial charge in [-0.1, -0.05) is 0 Å². The molecule has 0 saturated carbocycles. The van der Waals surface area contributed by atoms with E-state index in [1.165, 1.54) is 11.7 Å². The van der Waals surface area contributed by atoms with Gasteiger partial charge in [-0.3, -0.25) is 4.79 Å². The molecule has 0 bridgehead atoms. The topological polar surface area (TPSA) is 64.6 Å². The van der Waals surface area contributed by atoms with E-state index in [4.69, 9.17) is 9.47 Å². The molecule has 24 heavy (non-hydrogen) atoms. The summed E-state index contributed by atoms with van der Waals surface area (Å²) in [5.74, 6) is 0.741. The van der Waals surface area contributed by atoms with Crippen LogP contribution >= 0.6 is 11.7 Å². The van der Waals surface area contributed by atoms with Crippen LogP contribution in [-0.2, 0) is 11.3 Å². The highest BCUT2D eigenvalue weighted by atomic mass is 32.1. The van der Waals surface area contributed by atoms with Crippen LogP contribution in [0.3, 0.4) is 0 Å². The van der Waals surface area contributed by atoms with Gasteiger partial charge in [-0.2, -0.15) is 8.75 Å². The van der Waals surface area contributed by atoms with Gasteiger partial charge < -0.3 is 14.4 Å². The number of benzene rings is 1. The van der Waals surface area contributed by atoms with E-state index in [-0.39, 0.29) is 18.1 Å². The fraction of sp³-hybridized carbons (Fsp3) is 0.471. The van der Waals surface area contributed by atoms with Crippen molar-refractivity contribution in [3.05, 3.63) is 41.2 Å². The largest absolute Gasteiger partial charge is 0.487 e. The fourth-order valence-electron chi connectivity index (χ4n) is 2.75. The normalized spacial score (nSPS) is 20.9. The highest BCUT2D eigenvalue weighted by Gasteiger charge is 2.26. The third-order valence-corrected chi connectivity index (χ3v) is 4.59. The molecule has 1 aliphatic heterocycles. The second-order valence-electron chi connectivity index (χ2n) is 6.08. The smallest absolute Gasteiger partial charge is 0.254 e. The summed E-state index contributed by atoms with van der Waals surface area (Å²) in [4.78, 5) is 14.5. The summed E-state index contributed by atoms with van der Waals surface area (Å²) in [5.41, 5.74) is 2.40. The minimum absolute atomic E-state index is 0.0306. The Hall–Kier alpha value is -1.99. The summed E-state index contributed by atoms with van der Waals surface area (Å²) >= 11 is 1.18. The molecule has 0 N–H and O–H groups in total. The standard InChI is InChI=1S/C17H21N3O3S/c1-11-8-20(9-12(2)23-11)17(21)14-4-6-15(7-5-14)22-10-16-13(3)18-24-19-16/h4-7,11-12H,8-10H2,1-3H3. The predicted octanol–water partition coefficient (Wildman–Crippen LogP) is 2.67. The summed E-state index contributed by atoms with van der Waals surface area (Å²) in [6, 6.07) is 7.23. The average molecular weight is 347 g/mol. The number of hydrogen-bond acceptors (Lipinski definition) is 6. The van der Waals surface area contributed by atoms with Gasteiger partial charge in [0.15, 0.2) is 0 Å². The molecular formula is C17H21N3O3S. The Morgan fingerprint density at radius 1 is 1.25 bits per heavy atom. The zero-order valence-electron chi connectivity index (χ0n) is 14.1. The van der Waals surface area contributed by atoms with Crippen LogP contribution in [-0.4, -0.2) is 44.9 Å². The number of carbonyl (C=O) groups excluding carboxylic acids is 1. The summed E-state index contributed by atoms with van der Waals surface area (Å²) in [6.45, 7) is 7.52. The third kappa shape index (κ3) is 3.91. The summed E-state index contributed by atoms with van der Waals surface area (Å²) in [6.07, 6.45) is 0.130. The number of rotatable bonds is 4. The minimum atomic E-state index is 0.0306. The van der Waals surface area contributed by atoms with Gasteiger partial charge >= 0.3 is 0 Å². The number of aryl methyl sites for hydroxylation is 1. The van der Waals surface area contributed by atoms with E-state index in [2.05, 4.69) is 8.75 Å². The monoisotopic (exact) mass is 347 g/mol. The average Bonchev–Trinajstić information content (AvgIpc) is 2.97. The first-order valence-corrected chi connectivity index (χ1v) is 8.71. The van der Waals surface area contributed by atoms with Crippen LogP contribution < -0.4 is 4.74 Å². The van der Waals surface area contributed by atoms with Gasteiger partial charge in [-0.25, -0.2) is 0 Å². The van der Waals surface area contributed by atoms with E-state index >= 15 is 0 Å². The Bertz CT molecular complexity index is 691. The summed E-state index contributed by atoms with van der Waals surface area (Å²) in [7, 11) is 0. The van der Waals surface area contributed by atoms with Crippen LogP contribution in [0.25, 0.3) is 0 Å². The number of carbonyl (C=O) groups is 1. The molecule has 2 aromatic rings. The predicted molar refractivity (Wildman–Crippen MR) is 91.3 cm³/mol. The Morgan fingerprint density at radius 3 is 2.50 bits per heavy atom. The zero-order valence-corrected chi connectivity index (χ0v) is 14.9. The Balaban J connectivity index is 1.61. The molecule has 2 heterocycles. The maximum absolute atomic E-state index is 12.6. The molecule has 0 radical (unpaired) electrons. The lowest BCUT2D eigenvalue weighted by Crippen LogP contribution is -2.48. The summed E-state index contributed by atoms with van der Waals surface area (Å²) < 4.78 is 19.7. The van der Waals surface area contributed by atoms with E-state index in [0.29, 0.717) is 31.0 Å². The van der Waals surface area contributed by atoms with Crippen LogP contribution in [0.5, 0.6) is 5.75 Å². The molecule has 1 aliphatic rings. The molecule has 7 heteroatoms. The fourth-order valence-corrected chi connectivity index (χ4v) is 3.30. The van der Waals surface area contributed by atoms with E-state index < -0.39 is 0 Å². The first-order valence-electron chi connectivity index (χ1n) is 7.98. The highest BCUT2D eigenvalue weighted by molar-refractivity contribution is 6.99. The number of hydrogen-bond donors (Lipinski definition) is 0. The second kappa shape index (κ2) is 7.27. The second-order valence-corrected chi connectivity index (χ2v) is 6.61. The molecule has 2 unspecified atom stereocenters. The van der Waals surface area contributed by atoms with Crippen LogP contribution in [0.15, 0.2) is 24.3 Å². The van der Waals surface area contributed by atoms with Crippen molar-refractivity contribution < 1.29 is 14.3 Å². The van der Waals surface area contributed by atoms with Gasteiger partial charge in [0.05, 0.1) is 29.6 Å². The Labute approximate surface area is 145 Å². The van der Waals surface area contributed by atoms with Gasteiger partial charge in [0, 0.05) is 18.7 Å². The summed E-state index contributed by atoms with van der Waals surface area (Å²) in [5, 5.41) is 0. The van der Waals surface area contributed by atoms with E-state index in [9.17, 15) is 4.79 Å². The van der Waals surface area contributed by atoms with Crippen molar-refractivity contribution in [1.82, 2.24) is 13.6 Å². The maximum atomic E-state index is 12.6. The van der Waals surface area contributed by atoms with Crippen molar-refractivity contribution in [2.24, 2.45) is 0 Å². The lowest BCUT2D eigenvalue weighted by molar-refractivity contribution is -0.0586. The van der Waals surface area contributed by atoms with Gasteiger partial charge in [0.25, 0.3) is 5.91 Å². The Kier molecular flexibility index (Phi) is 5.11. The van der Waals surface area contributed by atoms with Crippen molar-refractivity contribution in [3.63, 3.8) is 0 Å². The van der Waals surface area contributed by atoms with Crippen molar-refractivity contribution >= 4 is 17.6 Å². The SMILES string of the molecule is Cc1nsnc1COc1ccc(C(=O)N2CC(C)OC(C)C2)cc1. The Morgan fingerprint density at radius 2 is 1.92 bits per heavy atom. The number of amides is 1. The minimum Gasteiger partial charge on any atom is -0.487 e. The molecular weight excluding hydrogens is 326 g/mol. The number of aromatic nitrogens is 2. The van der Waals surface area contributed by atoms with Crippen LogP contribution in [0.4, 0.5) is 0 Å². The molecule has 128 valence electrons. The van der Waals surface area contributed by atoms with Crippen molar-refractivity contribution in [3.8, 4) is 5.75 Å². The van der Waals surface area contributed by atoms with E-state index in [1.807, 2.05) is 37.8 Å². The van der Waals surface area contributed by atoms with Crippen LogP contribution in [0, 0.1) is 6.92 Å². The van der Waals surface area contributed by atoms with Gasteiger partial charge in [0.1, 0.15) is 18.1 Å². The quantitative estimate of drug-likeness (QED) is 0.851. The third-order valence-electron chi connectivity index (χ3n) is 3.93. The zero-order chi connectivity index (χ0) is 17.1. The number of morpholine rings is 1. The molecule has 1 saturated heterocycles. The van der Waals surface area contributed by atoms with Crippen LogP contribution in [0.2, 0.25) is 0 Å². The van der Waals surface area contributed by atoms with Gasteiger partial charge in [0.2, 0.25) is 0 Å².